The predicted octanol–water partition coefficient (Wildman–Crippen LogP) is 3.97. The van der Waals surface area contributed by atoms with Crippen molar-refractivity contribution < 1.29 is 4.74 Å². The number of benzene rings is 1. The Balaban J connectivity index is 2.24. The van der Waals surface area contributed by atoms with Crippen LogP contribution in [0.3, 0.4) is 0 Å². The highest BCUT2D eigenvalue weighted by molar-refractivity contribution is 5.51. The summed E-state index contributed by atoms with van der Waals surface area (Å²) in [5, 5.41) is 13.2. The molecule has 1 aromatic rings. The summed E-state index contributed by atoms with van der Waals surface area (Å²) >= 11 is 0. The highest BCUT2D eigenvalue weighted by atomic mass is 16.5. The van der Waals surface area contributed by atoms with Crippen molar-refractivity contribution >= 4 is 5.69 Å². The quantitative estimate of drug-likeness (QED) is 0.892. The van der Waals surface area contributed by atoms with Gasteiger partial charge in [0.1, 0.15) is 11.3 Å². The fourth-order valence-corrected chi connectivity index (χ4v) is 2.90. The second-order valence-corrected chi connectivity index (χ2v) is 5.96. The van der Waals surface area contributed by atoms with Gasteiger partial charge in [0, 0.05) is 11.1 Å². The highest BCUT2D eigenvalue weighted by Gasteiger charge is 2.47. The molecule has 3 nitrogen and oxygen atoms in total. The lowest BCUT2D eigenvalue weighted by atomic mass is 9.63. The summed E-state index contributed by atoms with van der Waals surface area (Å²) < 4.78 is 5.16. The first-order valence-corrected chi connectivity index (χ1v) is 6.86. The first kappa shape index (κ1) is 13.7. The zero-order valence-corrected chi connectivity index (χ0v) is 12.0. The van der Waals surface area contributed by atoms with Crippen LogP contribution in [0.4, 0.5) is 5.69 Å². The molecule has 0 aliphatic heterocycles. The largest absolute Gasteiger partial charge is 0.497 e. The van der Waals surface area contributed by atoms with Crippen molar-refractivity contribution in [3.05, 3.63) is 24.3 Å². The van der Waals surface area contributed by atoms with Crippen LogP contribution in [-0.4, -0.2) is 12.6 Å². The molecule has 1 saturated carbocycles. The number of ether oxygens (including phenoxy) is 1. The summed E-state index contributed by atoms with van der Waals surface area (Å²) in [6, 6.07) is 10.3. The SMILES string of the molecule is COc1ccc(NC2(C#N)CCCCC2(C)C)cc1. The van der Waals surface area contributed by atoms with Crippen LogP contribution in [0.2, 0.25) is 0 Å². The van der Waals surface area contributed by atoms with E-state index in [-0.39, 0.29) is 5.41 Å². The van der Waals surface area contributed by atoms with Crippen LogP contribution in [0.25, 0.3) is 0 Å². The average molecular weight is 258 g/mol. The Labute approximate surface area is 115 Å². The summed E-state index contributed by atoms with van der Waals surface area (Å²) in [6.07, 6.45) is 4.31. The van der Waals surface area contributed by atoms with E-state index in [2.05, 4.69) is 25.2 Å². The van der Waals surface area contributed by atoms with E-state index in [0.29, 0.717) is 0 Å². The Morgan fingerprint density at radius 3 is 2.32 bits per heavy atom. The second-order valence-electron chi connectivity index (χ2n) is 5.96. The van der Waals surface area contributed by atoms with E-state index in [4.69, 9.17) is 4.74 Å². The topological polar surface area (TPSA) is 45.0 Å². The van der Waals surface area contributed by atoms with Gasteiger partial charge in [-0.05, 0) is 43.5 Å². The van der Waals surface area contributed by atoms with Crippen LogP contribution in [0.15, 0.2) is 24.3 Å². The molecule has 1 atom stereocenters. The predicted molar refractivity (Wildman–Crippen MR) is 77.2 cm³/mol. The van der Waals surface area contributed by atoms with Gasteiger partial charge < -0.3 is 10.1 Å². The van der Waals surface area contributed by atoms with Crippen molar-refractivity contribution in [2.45, 2.75) is 45.1 Å². The minimum absolute atomic E-state index is 0.0140. The molecule has 1 fully saturated rings. The minimum atomic E-state index is -0.472. The number of hydrogen-bond donors (Lipinski definition) is 1. The van der Waals surface area contributed by atoms with E-state index < -0.39 is 5.54 Å². The normalized spacial score (nSPS) is 25.4. The average Bonchev–Trinajstić information content (AvgIpc) is 2.42. The van der Waals surface area contributed by atoms with Gasteiger partial charge in [-0.2, -0.15) is 5.26 Å². The first-order chi connectivity index (χ1) is 9.03. The summed E-state index contributed by atoms with van der Waals surface area (Å²) in [5.74, 6) is 0.833. The number of rotatable bonds is 3. The van der Waals surface area contributed by atoms with Crippen LogP contribution in [0.1, 0.15) is 39.5 Å². The summed E-state index contributed by atoms with van der Waals surface area (Å²) in [5.41, 5.74) is 0.497. The number of nitrogens with one attached hydrogen (secondary N) is 1. The minimum Gasteiger partial charge on any atom is -0.497 e. The lowest BCUT2D eigenvalue weighted by Gasteiger charge is -2.46. The molecule has 1 aliphatic rings. The van der Waals surface area contributed by atoms with Gasteiger partial charge in [-0.15, -0.1) is 0 Å². The van der Waals surface area contributed by atoms with Gasteiger partial charge in [-0.25, -0.2) is 0 Å². The van der Waals surface area contributed by atoms with Gasteiger partial charge in [-0.1, -0.05) is 20.3 Å². The van der Waals surface area contributed by atoms with Crippen molar-refractivity contribution in [2.24, 2.45) is 5.41 Å². The zero-order valence-electron chi connectivity index (χ0n) is 12.0. The third kappa shape index (κ3) is 2.53. The fourth-order valence-electron chi connectivity index (χ4n) is 2.90. The third-order valence-corrected chi connectivity index (χ3v) is 4.40. The molecule has 0 bridgehead atoms. The van der Waals surface area contributed by atoms with Crippen LogP contribution in [0, 0.1) is 16.7 Å². The third-order valence-electron chi connectivity index (χ3n) is 4.40. The molecule has 1 aromatic carbocycles. The Bertz CT molecular complexity index is 473. The smallest absolute Gasteiger partial charge is 0.130 e. The van der Waals surface area contributed by atoms with Crippen LogP contribution in [0.5, 0.6) is 5.75 Å². The van der Waals surface area contributed by atoms with E-state index in [1.165, 1.54) is 6.42 Å². The lowest BCUT2D eigenvalue weighted by molar-refractivity contribution is 0.164. The molecule has 102 valence electrons. The molecule has 1 aliphatic carbocycles. The molecule has 1 unspecified atom stereocenters. The number of anilines is 1. The monoisotopic (exact) mass is 258 g/mol. The van der Waals surface area contributed by atoms with Gasteiger partial charge in [0.2, 0.25) is 0 Å². The molecule has 2 rings (SSSR count). The van der Waals surface area contributed by atoms with E-state index in [9.17, 15) is 5.26 Å². The molecule has 0 saturated heterocycles. The Hall–Kier alpha value is -1.69. The fraction of sp³-hybridized carbons (Fsp3) is 0.562. The van der Waals surface area contributed by atoms with Crippen LogP contribution in [-0.2, 0) is 0 Å². The van der Waals surface area contributed by atoms with E-state index >= 15 is 0 Å². The molecule has 0 amide bonds. The number of nitriles is 1. The van der Waals surface area contributed by atoms with Crippen molar-refractivity contribution in [3.63, 3.8) is 0 Å². The Morgan fingerprint density at radius 1 is 1.16 bits per heavy atom. The van der Waals surface area contributed by atoms with Crippen LogP contribution >= 0.6 is 0 Å². The van der Waals surface area contributed by atoms with Crippen molar-refractivity contribution in [2.75, 3.05) is 12.4 Å². The maximum absolute atomic E-state index is 9.70. The molecule has 0 aromatic heterocycles. The first-order valence-electron chi connectivity index (χ1n) is 6.86. The van der Waals surface area contributed by atoms with Crippen molar-refractivity contribution in [3.8, 4) is 11.8 Å². The number of methoxy groups -OCH3 is 1. The second kappa shape index (κ2) is 5.13. The lowest BCUT2D eigenvalue weighted by Crippen LogP contribution is -2.52. The maximum atomic E-state index is 9.70. The molecule has 19 heavy (non-hydrogen) atoms. The standard InChI is InChI=1S/C16H22N2O/c1-15(2)10-4-5-11-16(15,12-17)18-13-6-8-14(19-3)9-7-13/h6-9,18H,4-5,10-11H2,1-3H3. The molecule has 0 heterocycles. The highest BCUT2D eigenvalue weighted by Crippen LogP contribution is 2.45. The van der Waals surface area contributed by atoms with E-state index in [1.807, 2.05) is 24.3 Å². The van der Waals surface area contributed by atoms with Crippen LogP contribution < -0.4 is 10.1 Å². The molecule has 0 spiro atoms. The van der Waals surface area contributed by atoms with Gasteiger partial charge in [-0.3, -0.25) is 0 Å². The van der Waals surface area contributed by atoms with E-state index in [0.717, 1.165) is 30.7 Å². The zero-order chi connectivity index (χ0) is 13.9. The Morgan fingerprint density at radius 2 is 1.79 bits per heavy atom. The molecular formula is C16H22N2O. The van der Waals surface area contributed by atoms with Gasteiger partial charge in [0.05, 0.1) is 13.2 Å². The number of hydrogen-bond acceptors (Lipinski definition) is 3. The molecule has 3 heteroatoms. The maximum Gasteiger partial charge on any atom is 0.130 e. The van der Waals surface area contributed by atoms with Gasteiger partial charge in [0.15, 0.2) is 0 Å². The van der Waals surface area contributed by atoms with Gasteiger partial charge in [0.25, 0.3) is 0 Å². The molecule has 1 N–H and O–H groups in total. The Kier molecular flexibility index (Phi) is 3.71. The summed E-state index contributed by atoms with van der Waals surface area (Å²) in [6.45, 7) is 4.37. The summed E-state index contributed by atoms with van der Waals surface area (Å²) in [7, 11) is 1.66. The molecular weight excluding hydrogens is 236 g/mol. The number of nitrogens with zero attached hydrogens (tertiary/aromatic N) is 1. The molecule has 0 radical (unpaired) electrons. The van der Waals surface area contributed by atoms with Crippen molar-refractivity contribution in [1.29, 1.82) is 5.26 Å². The van der Waals surface area contributed by atoms with Gasteiger partial charge >= 0.3 is 0 Å². The summed E-state index contributed by atoms with van der Waals surface area (Å²) in [4.78, 5) is 0. The van der Waals surface area contributed by atoms with Crippen molar-refractivity contribution in [1.82, 2.24) is 0 Å². The van der Waals surface area contributed by atoms with E-state index in [1.54, 1.807) is 7.11 Å².